The van der Waals surface area contributed by atoms with Gasteiger partial charge in [-0.15, -0.1) is 0 Å². The van der Waals surface area contributed by atoms with Gasteiger partial charge in [-0.2, -0.15) is 14.6 Å². The first-order valence-electron chi connectivity index (χ1n) is 7.60. The number of benzene rings is 2. The number of methoxy groups -OCH3 is 1. The molecule has 2 aromatic heterocycles. The maximum Gasteiger partial charge on any atom is 0.325 e. The third kappa shape index (κ3) is 2.61. The van der Waals surface area contributed by atoms with Gasteiger partial charge in [0.25, 0.3) is 5.91 Å². The molecule has 7 nitrogen and oxygen atoms in total. The van der Waals surface area contributed by atoms with E-state index < -0.39 is 5.91 Å². The van der Waals surface area contributed by atoms with Crippen molar-refractivity contribution in [3.8, 4) is 17.0 Å². The van der Waals surface area contributed by atoms with Crippen LogP contribution >= 0.6 is 0 Å². The molecule has 25 heavy (non-hydrogen) atoms. The van der Waals surface area contributed by atoms with Gasteiger partial charge in [-0.25, -0.2) is 0 Å². The maximum atomic E-state index is 12.8. The second-order valence-corrected chi connectivity index (χ2v) is 5.25. The van der Waals surface area contributed by atoms with Gasteiger partial charge < -0.3 is 14.5 Å². The van der Waals surface area contributed by atoms with E-state index in [2.05, 4.69) is 15.4 Å². The topological polar surface area (TPSA) is 81.7 Å². The lowest BCUT2D eigenvalue weighted by Gasteiger charge is -2.09. The van der Waals surface area contributed by atoms with Crippen molar-refractivity contribution in [2.75, 3.05) is 12.4 Å². The van der Waals surface area contributed by atoms with Crippen molar-refractivity contribution in [1.29, 1.82) is 0 Å². The molecule has 0 bridgehead atoms. The molecule has 0 saturated heterocycles. The zero-order valence-electron chi connectivity index (χ0n) is 13.3. The zero-order valence-corrected chi connectivity index (χ0v) is 13.3. The van der Waals surface area contributed by atoms with Gasteiger partial charge in [0.05, 0.1) is 12.8 Å². The Labute approximate surface area is 142 Å². The van der Waals surface area contributed by atoms with Crippen LogP contribution in [0.1, 0.15) is 10.6 Å². The van der Waals surface area contributed by atoms with Gasteiger partial charge >= 0.3 is 5.84 Å². The normalized spacial score (nSPS) is 10.8. The molecule has 0 fully saturated rings. The molecular weight excluding hydrogens is 320 g/mol. The van der Waals surface area contributed by atoms with E-state index >= 15 is 0 Å². The number of hydrogen-bond acceptors (Lipinski definition) is 5. The van der Waals surface area contributed by atoms with Gasteiger partial charge in [-0.3, -0.25) is 4.79 Å². The van der Waals surface area contributed by atoms with Crippen molar-refractivity contribution >= 4 is 17.4 Å². The molecule has 2 aromatic carbocycles. The van der Waals surface area contributed by atoms with Crippen molar-refractivity contribution in [2.45, 2.75) is 0 Å². The van der Waals surface area contributed by atoms with Crippen molar-refractivity contribution in [2.24, 2.45) is 0 Å². The summed E-state index contributed by atoms with van der Waals surface area (Å²) in [7, 11) is 1.55. The zero-order chi connectivity index (χ0) is 17.2. The van der Waals surface area contributed by atoms with Gasteiger partial charge in [-0.05, 0) is 12.1 Å². The Kier molecular flexibility index (Phi) is 3.66. The summed E-state index contributed by atoms with van der Waals surface area (Å²) in [5, 5.41) is 6.96. The van der Waals surface area contributed by atoms with Gasteiger partial charge in [0.15, 0.2) is 0 Å². The molecule has 0 aliphatic carbocycles. The van der Waals surface area contributed by atoms with E-state index in [-0.39, 0.29) is 11.6 Å². The number of carbonyl (C=O) groups is 1. The molecule has 2 heterocycles. The Balaban J connectivity index is 1.79. The number of oxazole rings is 1. The van der Waals surface area contributed by atoms with E-state index in [1.165, 1.54) is 10.8 Å². The second kappa shape index (κ2) is 6.12. The number of anilines is 1. The molecule has 0 atom stereocenters. The van der Waals surface area contributed by atoms with Crippen LogP contribution in [0.4, 0.5) is 5.69 Å². The summed E-state index contributed by atoms with van der Waals surface area (Å²) in [6, 6.07) is 16.6. The van der Waals surface area contributed by atoms with E-state index in [1.54, 1.807) is 19.2 Å². The van der Waals surface area contributed by atoms with E-state index in [4.69, 9.17) is 9.15 Å². The standard InChI is InChI=1S/C18H14N4O3/c1-24-14-10-6-5-9-13(14)21-17(23)16-15(12-7-3-2-4-8-12)22-18(25-16)19-11-20-22/h2-11H,1H3,(H,21,23). The summed E-state index contributed by atoms with van der Waals surface area (Å²) in [6.45, 7) is 0. The first-order valence-corrected chi connectivity index (χ1v) is 7.60. The fourth-order valence-corrected chi connectivity index (χ4v) is 2.62. The molecular formula is C18H14N4O3. The van der Waals surface area contributed by atoms with Crippen molar-refractivity contribution < 1.29 is 13.9 Å². The Hall–Kier alpha value is -3.61. The second-order valence-electron chi connectivity index (χ2n) is 5.25. The molecule has 7 heteroatoms. The van der Waals surface area contributed by atoms with E-state index in [0.29, 0.717) is 17.1 Å². The van der Waals surface area contributed by atoms with Crippen LogP contribution in [0.3, 0.4) is 0 Å². The average molecular weight is 334 g/mol. The monoisotopic (exact) mass is 334 g/mol. The molecule has 0 unspecified atom stereocenters. The van der Waals surface area contributed by atoms with Crippen LogP contribution in [0.5, 0.6) is 5.75 Å². The van der Waals surface area contributed by atoms with Crippen LogP contribution in [-0.4, -0.2) is 27.6 Å². The SMILES string of the molecule is COc1ccccc1NC(=O)c1oc2ncnn2c1-c1ccccc1. The third-order valence-electron chi connectivity index (χ3n) is 3.75. The summed E-state index contributed by atoms with van der Waals surface area (Å²) in [6.07, 6.45) is 1.38. The molecule has 0 aliphatic heterocycles. The Morgan fingerprint density at radius 2 is 1.88 bits per heavy atom. The first-order chi connectivity index (χ1) is 12.3. The van der Waals surface area contributed by atoms with E-state index in [9.17, 15) is 4.79 Å². The van der Waals surface area contributed by atoms with Gasteiger partial charge in [0.2, 0.25) is 5.76 Å². The van der Waals surface area contributed by atoms with E-state index in [0.717, 1.165) is 5.56 Å². The highest BCUT2D eigenvalue weighted by atomic mass is 16.5. The average Bonchev–Trinajstić information content (AvgIpc) is 3.24. The number of carbonyl (C=O) groups excluding carboxylic acids is 1. The van der Waals surface area contributed by atoms with E-state index in [1.807, 2.05) is 42.5 Å². The number of fused-ring (bicyclic) bond motifs is 1. The van der Waals surface area contributed by atoms with Gasteiger partial charge in [0, 0.05) is 5.56 Å². The highest BCUT2D eigenvalue weighted by Gasteiger charge is 2.24. The number of amides is 1. The summed E-state index contributed by atoms with van der Waals surface area (Å²) in [4.78, 5) is 16.8. The van der Waals surface area contributed by atoms with Gasteiger partial charge in [-0.1, -0.05) is 42.5 Å². The lowest BCUT2D eigenvalue weighted by molar-refractivity contribution is 0.0999. The van der Waals surface area contributed by atoms with Crippen LogP contribution < -0.4 is 10.1 Å². The molecule has 4 rings (SSSR count). The quantitative estimate of drug-likeness (QED) is 0.619. The number of nitrogens with zero attached hydrogens (tertiary/aromatic N) is 3. The minimum Gasteiger partial charge on any atom is -0.495 e. The molecule has 124 valence electrons. The summed E-state index contributed by atoms with van der Waals surface area (Å²) in [5.74, 6) is 0.541. The van der Waals surface area contributed by atoms with Crippen LogP contribution in [-0.2, 0) is 0 Å². The molecule has 1 N–H and O–H groups in total. The summed E-state index contributed by atoms with van der Waals surface area (Å²) < 4.78 is 12.4. The maximum absolute atomic E-state index is 12.8. The largest absolute Gasteiger partial charge is 0.495 e. The lowest BCUT2D eigenvalue weighted by atomic mass is 10.1. The van der Waals surface area contributed by atoms with Crippen LogP contribution in [0.25, 0.3) is 17.1 Å². The molecule has 1 amide bonds. The Morgan fingerprint density at radius 1 is 1.12 bits per heavy atom. The summed E-state index contributed by atoms with van der Waals surface area (Å²) >= 11 is 0. The minimum absolute atomic E-state index is 0.132. The molecule has 0 aliphatic rings. The lowest BCUT2D eigenvalue weighted by Crippen LogP contribution is -2.13. The highest BCUT2D eigenvalue weighted by molar-refractivity contribution is 6.07. The van der Waals surface area contributed by atoms with Gasteiger partial charge in [0.1, 0.15) is 17.8 Å². The predicted octanol–water partition coefficient (Wildman–Crippen LogP) is 3.25. The van der Waals surface area contributed by atoms with Crippen molar-refractivity contribution in [3.63, 3.8) is 0 Å². The van der Waals surface area contributed by atoms with Crippen molar-refractivity contribution in [3.05, 3.63) is 66.7 Å². The fraction of sp³-hybridized carbons (Fsp3) is 0.0556. The number of aromatic nitrogens is 3. The third-order valence-corrected chi connectivity index (χ3v) is 3.75. The van der Waals surface area contributed by atoms with Crippen molar-refractivity contribution in [1.82, 2.24) is 14.6 Å². The number of rotatable bonds is 4. The number of nitrogens with one attached hydrogen (secondary N) is 1. The minimum atomic E-state index is -0.407. The number of ether oxygens (including phenoxy) is 1. The fourth-order valence-electron chi connectivity index (χ4n) is 2.62. The van der Waals surface area contributed by atoms with Crippen LogP contribution in [0.2, 0.25) is 0 Å². The van der Waals surface area contributed by atoms with Crippen LogP contribution in [0, 0.1) is 0 Å². The molecule has 0 radical (unpaired) electrons. The molecule has 0 saturated carbocycles. The molecule has 0 spiro atoms. The summed E-state index contributed by atoms with van der Waals surface area (Å²) in [5.41, 5.74) is 1.90. The smallest absolute Gasteiger partial charge is 0.325 e. The first kappa shape index (κ1) is 14.9. The highest BCUT2D eigenvalue weighted by Crippen LogP contribution is 2.29. The number of para-hydroxylation sites is 2. The predicted molar refractivity (Wildman–Crippen MR) is 91.6 cm³/mol. The number of hydrogen-bond donors (Lipinski definition) is 1. The molecule has 4 aromatic rings. The van der Waals surface area contributed by atoms with Crippen LogP contribution in [0.15, 0.2) is 65.3 Å². The Bertz CT molecular complexity index is 1040. The Morgan fingerprint density at radius 3 is 2.68 bits per heavy atom.